The van der Waals surface area contributed by atoms with Crippen LogP contribution in [0.2, 0.25) is 0 Å². The summed E-state index contributed by atoms with van der Waals surface area (Å²) in [5, 5.41) is 0. The zero-order valence-electron chi connectivity index (χ0n) is 19.2. The SMILES string of the molecule is CC(=O)OC1CCC23CC24CCC2(C)C(C(C)=O)CCC2(C)C4CC=C3C1(C)C. The molecular formula is C26H38O3. The fourth-order valence-electron chi connectivity index (χ4n) is 9.63. The Morgan fingerprint density at radius 1 is 0.966 bits per heavy atom. The summed E-state index contributed by atoms with van der Waals surface area (Å²) in [5.74, 6) is 1.21. The van der Waals surface area contributed by atoms with E-state index in [1.165, 1.54) is 32.1 Å². The van der Waals surface area contributed by atoms with E-state index in [2.05, 4.69) is 33.8 Å². The molecule has 0 aromatic carbocycles. The third-order valence-electron chi connectivity index (χ3n) is 11.2. The van der Waals surface area contributed by atoms with Gasteiger partial charge in [0.15, 0.2) is 0 Å². The maximum absolute atomic E-state index is 12.5. The Kier molecular flexibility index (Phi) is 3.80. The van der Waals surface area contributed by atoms with Crippen molar-refractivity contribution in [3.05, 3.63) is 11.6 Å². The van der Waals surface area contributed by atoms with Crippen molar-refractivity contribution in [2.24, 2.45) is 38.9 Å². The van der Waals surface area contributed by atoms with Crippen LogP contribution in [-0.4, -0.2) is 17.9 Å². The predicted octanol–water partition coefficient (Wildman–Crippen LogP) is 5.87. The number of hydrogen-bond donors (Lipinski definition) is 0. The molecule has 0 aromatic heterocycles. The Labute approximate surface area is 176 Å². The largest absolute Gasteiger partial charge is 0.462 e. The van der Waals surface area contributed by atoms with Gasteiger partial charge >= 0.3 is 5.97 Å². The van der Waals surface area contributed by atoms with Crippen molar-refractivity contribution >= 4 is 11.8 Å². The van der Waals surface area contributed by atoms with E-state index in [1.807, 2.05) is 6.92 Å². The molecule has 5 aliphatic carbocycles. The zero-order valence-corrected chi connectivity index (χ0v) is 19.2. The maximum Gasteiger partial charge on any atom is 0.302 e. The molecule has 160 valence electrons. The van der Waals surface area contributed by atoms with E-state index in [0.29, 0.717) is 22.5 Å². The van der Waals surface area contributed by atoms with E-state index in [0.717, 1.165) is 19.3 Å². The molecule has 0 aliphatic heterocycles. The first kappa shape index (κ1) is 19.8. The van der Waals surface area contributed by atoms with Crippen molar-refractivity contribution < 1.29 is 14.3 Å². The molecule has 2 spiro atoms. The van der Waals surface area contributed by atoms with E-state index in [-0.39, 0.29) is 34.2 Å². The van der Waals surface area contributed by atoms with Crippen molar-refractivity contribution in [3.63, 3.8) is 0 Å². The van der Waals surface area contributed by atoms with Crippen molar-refractivity contribution in [3.8, 4) is 0 Å². The number of Topliss-reactive ketones (excluding diaryl/α,β-unsaturated/α-hetero) is 1. The van der Waals surface area contributed by atoms with Crippen LogP contribution in [0, 0.1) is 38.9 Å². The van der Waals surface area contributed by atoms with Crippen LogP contribution in [0.25, 0.3) is 0 Å². The summed E-state index contributed by atoms with van der Waals surface area (Å²) in [5.41, 5.74) is 2.70. The Morgan fingerprint density at radius 3 is 2.34 bits per heavy atom. The molecule has 3 nitrogen and oxygen atoms in total. The number of esters is 1. The number of ketones is 1. The van der Waals surface area contributed by atoms with Gasteiger partial charge in [0, 0.05) is 18.3 Å². The monoisotopic (exact) mass is 398 g/mol. The highest BCUT2D eigenvalue weighted by Crippen LogP contribution is 2.87. The van der Waals surface area contributed by atoms with Crippen LogP contribution in [0.4, 0.5) is 0 Å². The van der Waals surface area contributed by atoms with Gasteiger partial charge in [0.2, 0.25) is 0 Å². The van der Waals surface area contributed by atoms with Crippen LogP contribution in [0.1, 0.15) is 92.9 Å². The summed E-state index contributed by atoms with van der Waals surface area (Å²) in [6.45, 7) is 12.9. The number of carbonyl (C=O) groups excluding carboxylic acids is 2. The smallest absolute Gasteiger partial charge is 0.302 e. The number of fused-ring (bicyclic) bond motifs is 2. The van der Waals surface area contributed by atoms with Crippen LogP contribution in [0.15, 0.2) is 11.6 Å². The molecule has 4 fully saturated rings. The van der Waals surface area contributed by atoms with E-state index in [4.69, 9.17) is 4.74 Å². The molecule has 0 bridgehead atoms. The minimum absolute atomic E-state index is 0.00379. The predicted molar refractivity (Wildman–Crippen MR) is 113 cm³/mol. The van der Waals surface area contributed by atoms with Gasteiger partial charge < -0.3 is 4.74 Å². The second kappa shape index (κ2) is 5.56. The maximum atomic E-state index is 12.5. The highest BCUT2D eigenvalue weighted by Gasteiger charge is 2.80. The molecule has 29 heavy (non-hydrogen) atoms. The quantitative estimate of drug-likeness (QED) is 0.432. The summed E-state index contributed by atoms with van der Waals surface area (Å²) >= 11 is 0. The van der Waals surface area contributed by atoms with Gasteiger partial charge in [-0.3, -0.25) is 9.59 Å². The van der Waals surface area contributed by atoms with Gasteiger partial charge in [-0.2, -0.15) is 0 Å². The normalized spacial score (nSPS) is 51.7. The van der Waals surface area contributed by atoms with Crippen molar-refractivity contribution in [2.75, 3.05) is 0 Å². The molecule has 0 saturated heterocycles. The lowest BCUT2D eigenvalue weighted by molar-refractivity contribution is -0.155. The highest BCUT2D eigenvalue weighted by atomic mass is 16.5. The average molecular weight is 399 g/mol. The fourth-order valence-corrected chi connectivity index (χ4v) is 9.63. The molecule has 0 aromatic rings. The molecule has 4 saturated carbocycles. The number of hydrogen-bond acceptors (Lipinski definition) is 3. The first-order chi connectivity index (χ1) is 13.4. The summed E-state index contributed by atoms with van der Waals surface area (Å²) < 4.78 is 5.78. The standard InChI is InChI=1S/C26H38O3/c1-16(27)18-9-11-24(6)20-8-7-19-22(3,4)21(29-17(2)28)10-12-25(19)15-26(20,25)14-13-23(18,24)5/h7,18,20-21H,8-15H2,1-6H3. The highest BCUT2D eigenvalue weighted by molar-refractivity contribution is 5.80. The second-order valence-corrected chi connectivity index (χ2v) is 12.2. The topological polar surface area (TPSA) is 43.4 Å². The number of carbonyl (C=O) groups is 2. The van der Waals surface area contributed by atoms with Crippen LogP contribution in [0.3, 0.4) is 0 Å². The number of rotatable bonds is 2. The fraction of sp³-hybridized carbons (Fsp3) is 0.846. The molecule has 3 heteroatoms. The Bertz CT molecular complexity index is 824. The van der Waals surface area contributed by atoms with Gasteiger partial charge in [0.05, 0.1) is 0 Å². The van der Waals surface area contributed by atoms with Crippen LogP contribution < -0.4 is 0 Å². The average Bonchev–Trinajstić information content (AvgIpc) is 3.20. The van der Waals surface area contributed by atoms with Crippen LogP contribution in [0.5, 0.6) is 0 Å². The van der Waals surface area contributed by atoms with Gasteiger partial charge in [0.25, 0.3) is 0 Å². The first-order valence-corrected chi connectivity index (χ1v) is 11.8. The Morgan fingerprint density at radius 2 is 1.69 bits per heavy atom. The van der Waals surface area contributed by atoms with Gasteiger partial charge in [0.1, 0.15) is 11.9 Å². The molecule has 0 heterocycles. The molecule has 0 radical (unpaired) electrons. The molecule has 7 unspecified atom stereocenters. The Balaban J connectivity index is 1.54. The Hall–Kier alpha value is -1.12. The zero-order chi connectivity index (χ0) is 21.0. The van der Waals surface area contributed by atoms with Crippen LogP contribution in [-0.2, 0) is 14.3 Å². The van der Waals surface area contributed by atoms with Crippen molar-refractivity contribution in [2.45, 2.75) is 99.0 Å². The van der Waals surface area contributed by atoms with Crippen molar-refractivity contribution in [1.82, 2.24) is 0 Å². The van der Waals surface area contributed by atoms with E-state index in [1.54, 1.807) is 12.5 Å². The first-order valence-electron chi connectivity index (χ1n) is 11.8. The van der Waals surface area contributed by atoms with Gasteiger partial charge in [-0.05, 0) is 85.9 Å². The van der Waals surface area contributed by atoms with Crippen LogP contribution >= 0.6 is 0 Å². The van der Waals surface area contributed by atoms with Gasteiger partial charge in [-0.15, -0.1) is 0 Å². The molecule has 5 aliphatic rings. The minimum atomic E-state index is -0.152. The summed E-state index contributed by atoms with van der Waals surface area (Å²) in [7, 11) is 0. The number of ether oxygens (including phenoxy) is 1. The van der Waals surface area contributed by atoms with E-state index < -0.39 is 0 Å². The molecule has 0 amide bonds. The third kappa shape index (κ3) is 2.11. The molecule has 7 atom stereocenters. The molecule has 5 rings (SSSR count). The van der Waals surface area contributed by atoms with Gasteiger partial charge in [-0.1, -0.05) is 39.3 Å². The minimum Gasteiger partial charge on any atom is -0.462 e. The van der Waals surface area contributed by atoms with E-state index >= 15 is 0 Å². The lowest BCUT2D eigenvalue weighted by Crippen LogP contribution is -2.55. The summed E-state index contributed by atoms with van der Waals surface area (Å²) in [4.78, 5) is 24.2. The second-order valence-electron chi connectivity index (χ2n) is 12.2. The van der Waals surface area contributed by atoms with E-state index in [9.17, 15) is 9.59 Å². The number of allylic oxidation sites excluding steroid dienone is 1. The molecule has 0 N–H and O–H groups in total. The molecular weight excluding hydrogens is 360 g/mol. The van der Waals surface area contributed by atoms with Crippen molar-refractivity contribution in [1.29, 1.82) is 0 Å². The lowest BCUT2D eigenvalue weighted by Gasteiger charge is -2.60. The summed E-state index contributed by atoms with van der Waals surface area (Å²) in [6, 6.07) is 0. The summed E-state index contributed by atoms with van der Waals surface area (Å²) in [6.07, 6.45) is 12.0. The lowest BCUT2D eigenvalue weighted by atomic mass is 9.44. The third-order valence-corrected chi connectivity index (χ3v) is 11.2. The van der Waals surface area contributed by atoms with Gasteiger partial charge in [-0.25, -0.2) is 0 Å².